The predicted molar refractivity (Wildman–Crippen MR) is 183 cm³/mol. The van der Waals surface area contributed by atoms with Gasteiger partial charge in [-0.3, -0.25) is 14.1 Å². The molecule has 1 fully saturated rings. The van der Waals surface area contributed by atoms with Gasteiger partial charge >= 0.3 is 11.9 Å². The van der Waals surface area contributed by atoms with Crippen LogP contribution in [-0.2, 0) is 38.7 Å². The monoisotopic (exact) mass is 708 g/mol. The van der Waals surface area contributed by atoms with Gasteiger partial charge in [-0.25, -0.2) is 0 Å². The summed E-state index contributed by atoms with van der Waals surface area (Å²) in [5, 5.41) is 30.6. The van der Waals surface area contributed by atoms with Crippen molar-refractivity contribution >= 4 is 22.1 Å². The number of aliphatic hydroxyl groups is 3. The highest BCUT2D eigenvalue weighted by molar-refractivity contribution is 7.85. The van der Waals surface area contributed by atoms with Gasteiger partial charge in [0.15, 0.2) is 12.4 Å². The summed E-state index contributed by atoms with van der Waals surface area (Å²) in [7, 11) is -4.59. The first-order valence-corrected chi connectivity index (χ1v) is 19.9. The van der Waals surface area contributed by atoms with Crippen LogP contribution in [0.4, 0.5) is 0 Å². The summed E-state index contributed by atoms with van der Waals surface area (Å²) >= 11 is 0. The molecule has 0 aliphatic carbocycles. The Morgan fingerprint density at radius 1 is 0.688 bits per heavy atom. The first kappa shape index (κ1) is 44.4. The van der Waals surface area contributed by atoms with Crippen LogP contribution in [0.3, 0.4) is 0 Å². The van der Waals surface area contributed by atoms with Crippen LogP contribution >= 0.6 is 0 Å². The lowest BCUT2D eigenvalue weighted by atomic mass is 10.00. The third-order valence-corrected chi connectivity index (χ3v) is 9.10. The molecule has 1 aliphatic heterocycles. The van der Waals surface area contributed by atoms with E-state index in [1.807, 2.05) is 0 Å². The lowest BCUT2D eigenvalue weighted by molar-refractivity contribution is -0.297. The molecule has 0 radical (unpaired) electrons. The van der Waals surface area contributed by atoms with E-state index in [0.717, 1.165) is 57.8 Å². The van der Waals surface area contributed by atoms with Crippen LogP contribution in [0.5, 0.6) is 0 Å². The van der Waals surface area contributed by atoms with Gasteiger partial charge in [0.25, 0.3) is 10.1 Å². The van der Waals surface area contributed by atoms with Crippen LogP contribution in [0.1, 0.15) is 142 Å². The number of carbonyl (C=O) groups excluding carboxylic acids is 2. The molecular formula is C35H64O12S. The highest BCUT2D eigenvalue weighted by Gasteiger charge is 2.46. The summed E-state index contributed by atoms with van der Waals surface area (Å²) in [6.45, 7) is 3.65. The van der Waals surface area contributed by atoms with Crippen molar-refractivity contribution in [3.8, 4) is 0 Å². The van der Waals surface area contributed by atoms with Crippen molar-refractivity contribution in [1.29, 1.82) is 0 Å². The summed E-state index contributed by atoms with van der Waals surface area (Å²) in [6.07, 6.45) is 14.4. The van der Waals surface area contributed by atoms with Gasteiger partial charge in [0.05, 0.1) is 6.61 Å². The molecule has 0 aromatic carbocycles. The highest BCUT2D eigenvalue weighted by atomic mass is 32.2. The molecular weight excluding hydrogens is 644 g/mol. The molecule has 0 amide bonds. The Balaban J connectivity index is 2.55. The van der Waals surface area contributed by atoms with Crippen molar-refractivity contribution in [3.63, 3.8) is 0 Å². The zero-order chi connectivity index (χ0) is 35.6. The van der Waals surface area contributed by atoms with E-state index in [0.29, 0.717) is 12.8 Å². The molecule has 1 heterocycles. The van der Waals surface area contributed by atoms with E-state index in [9.17, 15) is 37.9 Å². The molecule has 0 spiro atoms. The number of ether oxygens (including phenoxy) is 4. The molecule has 0 aromatic heterocycles. The van der Waals surface area contributed by atoms with Crippen LogP contribution in [0.2, 0.25) is 0 Å². The molecule has 0 aromatic rings. The first-order chi connectivity index (χ1) is 23.0. The van der Waals surface area contributed by atoms with Crippen molar-refractivity contribution in [2.45, 2.75) is 179 Å². The van der Waals surface area contributed by atoms with E-state index in [1.165, 1.54) is 44.9 Å². The van der Waals surface area contributed by atoms with Crippen molar-refractivity contribution in [3.05, 3.63) is 12.2 Å². The maximum atomic E-state index is 12.6. The van der Waals surface area contributed by atoms with Crippen molar-refractivity contribution in [2.24, 2.45) is 0 Å². The van der Waals surface area contributed by atoms with Gasteiger partial charge in [-0.2, -0.15) is 8.42 Å². The van der Waals surface area contributed by atoms with Crippen LogP contribution in [0.25, 0.3) is 0 Å². The van der Waals surface area contributed by atoms with Crippen LogP contribution in [-0.4, -0.2) is 96.0 Å². The fourth-order valence-corrected chi connectivity index (χ4v) is 6.12. The number of allylic oxidation sites excluding steroid dienone is 2. The topological polar surface area (TPSA) is 186 Å². The Hall–Kier alpha value is -1.61. The third-order valence-electron chi connectivity index (χ3n) is 8.35. The number of unbranched alkanes of at least 4 members (excludes halogenated alkanes) is 15. The van der Waals surface area contributed by atoms with Gasteiger partial charge in [-0.15, -0.1) is 0 Å². The average molecular weight is 709 g/mol. The van der Waals surface area contributed by atoms with Crippen LogP contribution in [0.15, 0.2) is 12.2 Å². The molecule has 13 heteroatoms. The Morgan fingerprint density at radius 2 is 1.19 bits per heavy atom. The number of carbonyl (C=O) groups is 2. The number of hydrogen-bond acceptors (Lipinski definition) is 11. The molecule has 4 N–H and O–H groups in total. The second-order valence-corrected chi connectivity index (χ2v) is 14.4. The normalized spacial score (nSPS) is 22.2. The second kappa shape index (κ2) is 27.2. The Bertz CT molecular complexity index is 973. The van der Waals surface area contributed by atoms with Crippen molar-refractivity contribution in [2.75, 3.05) is 19.0 Å². The Kier molecular flexibility index (Phi) is 25.1. The van der Waals surface area contributed by atoms with E-state index in [2.05, 4.69) is 26.0 Å². The minimum absolute atomic E-state index is 0.165. The summed E-state index contributed by atoms with van der Waals surface area (Å²) in [6, 6.07) is 0. The molecule has 0 saturated carbocycles. The van der Waals surface area contributed by atoms with E-state index < -0.39 is 71.2 Å². The zero-order valence-corrected chi connectivity index (χ0v) is 30.2. The SMILES string of the molecule is CCCCC/C=C/CCCCCCCC(=O)OC[C@H](CO[C@@H]1O[C@@H](CS(=O)(=O)O)[C@H](O)C(O)C1O)OC(=O)CCCCCCCCCC. The van der Waals surface area contributed by atoms with Gasteiger partial charge in [0.1, 0.15) is 36.8 Å². The average Bonchev–Trinajstić information content (AvgIpc) is 3.04. The maximum Gasteiger partial charge on any atom is 0.306 e. The molecule has 6 atom stereocenters. The zero-order valence-electron chi connectivity index (χ0n) is 29.3. The molecule has 2 unspecified atom stereocenters. The van der Waals surface area contributed by atoms with Gasteiger partial charge in [-0.1, -0.05) is 103 Å². The van der Waals surface area contributed by atoms with Crippen LogP contribution < -0.4 is 0 Å². The first-order valence-electron chi connectivity index (χ1n) is 18.2. The van der Waals surface area contributed by atoms with Gasteiger partial charge in [0, 0.05) is 12.8 Å². The third kappa shape index (κ3) is 22.2. The molecule has 1 aliphatic rings. The summed E-state index contributed by atoms with van der Waals surface area (Å²) in [5.41, 5.74) is 0. The fraction of sp³-hybridized carbons (Fsp3) is 0.886. The summed E-state index contributed by atoms with van der Waals surface area (Å²) in [4.78, 5) is 25.1. The quantitative estimate of drug-likeness (QED) is 0.0329. The van der Waals surface area contributed by atoms with E-state index in [-0.39, 0.29) is 19.4 Å². The van der Waals surface area contributed by atoms with Crippen LogP contribution in [0, 0.1) is 0 Å². The molecule has 0 bridgehead atoms. The minimum atomic E-state index is -4.59. The molecule has 1 saturated heterocycles. The lowest BCUT2D eigenvalue weighted by Gasteiger charge is -2.40. The smallest absolute Gasteiger partial charge is 0.306 e. The number of rotatable bonds is 29. The Labute approximate surface area is 288 Å². The van der Waals surface area contributed by atoms with Gasteiger partial charge in [0.2, 0.25) is 0 Å². The molecule has 48 heavy (non-hydrogen) atoms. The highest BCUT2D eigenvalue weighted by Crippen LogP contribution is 2.24. The fourth-order valence-electron chi connectivity index (χ4n) is 5.43. The Morgan fingerprint density at radius 3 is 1.77 bits per heavy atom. The van der Waals surface area contributed by atoms with Gasteiger partial charge < -0.3 is 34.3 Å². The maximum absolute atomic E-state index is 12.6. The summed E-state index contributed by atoms with van der Waals surface area (Å²) < 4.78 is 53.6. The number of hydrogen-bond donors (Lipinski definition) is 4. The predicted octanol–water partition coefficient (Wildman–Crippen LogP) is 5.55. The molecule has 282 valence electrons. The molecule has 1 rings (SSSR count). The number of esters is 2. The molecule has 12 nitrogen and oxygen atoms in total. The lowest BCUT2D eigenvalue weighted by Crippen LogP contribution is -2.60. The van der Waals surface area contributed by atoms with E-state index >= 15 is 0 Å². The van der Waals surface area contributed by atoms with Crippen molar-refractivity contribution in [1.82, 2.24) is 0 Å². The largest absolute Gasteiger partial charge is 0.462 e. The minimum Gasteiger partial charge on any atom is -0.462 e. The number of aliphatic hydroxyl groups excluding tert-OH is 3. The van der Waals surface area contributed by atoms with Gasteiger partial charge in [-0.05, 0) is 38.5 Å². The second-order valence-electron chi connectivity index (χ2n) is 12.9. The standard InChI is InChI=1S/C35H64O12S/c1-3-5-7-9-11-13-14-15-16-18-19-21-23-30(36)44-25-28(46-31(37)24-22-20-17-12-10-8-6-4-2)26-45-35-34(40)33(39)32(38)29(47-35)27-48(41,42)43/h11,13,28-29,32-35,38-40H,3-10,12,14-27H2,1-2H3,(H,41,42,43)/b13-11+/t28-,29+,32+,33?,34?,35-/m1/s1. The summed E-state index contributed by atoms with van der Waals surface area (Å²) in [5.74, 6) is -2.00. The van der Waals surface area contributed by atoms with E-state index in [4.69, 9.17) is 18.9 Å². The van der Waals surface area contributed by atoms with Crippen molar-refractivity contribution < 1.29 is 56.8 Å². The van der Waals surface area contributed by atoms with E-state index in [1.54, 1.807) is 0 Å².